The topological polar surface area (TPSA) is 41.6 Å². The molecule has 1 N–H and O–H groups in total. The van der Waals surface area contributed by atoms with E-state index in [-0.39, 0.29) is 5.91 Å². The molecule has 1 aliphatic heterocycles. The van der Waals surface area contributed by atoms with E-state index < -0.39 is 0 Å². The molecular formula is C15H22N2O2S. The van der Waals surface area contributed by atoms with Gasteiger partial charge in [-0.2, -0.15) is 0 Å². The van der Waals surface area contributed by atoms with E-state index in [9.17, 15) is 4.79 Å². The highest BCUT2D eigenvalue weighted by Crippen LogP contribution is 2.22. The smallest absolute Gasteiger partial charge is 0.233 e. The van der Waals surface area contributed by atoms with Crippen LogP contribution in [0.1, 0.15) is 13.8 Å². The molecule has 4 nitrogen and oxygen atoms in total. The first-order valence-electron chi connectivity index (χ1n) is 7.06. The van der Waals surface area contributed by atoms with Crippen LogP contribution < -0.4 is 10.1 Å². The fourth-order valence-electron chi connectivity index (χ4n) is 2.19. The number of ether oxygens (including phenoxy) is 1. The third kappa shape index (κ3) is 4.42. The van der Waals surface area contributed by atoms with Crippen molar-refractivity contribution in [2.75, 3.05) is 32.0 Å². The van der Waals surface area contributed by atoms with Crippen LogP contribution in [0.2, 0.25) is 0 Å². The van der Waals surface area contributed by atoms with Gasteiger partial charge < -0.3 is 15.0 Å². The van der Waals surface area contributed by atoms with Gasteiger partial charge in [-0.15, -0.1) is 11.8 Å². The van der Waals surface area contributed by atoms with Gasteiger partial charge in [-0.05, 0) is 38.1 Å². The van der Waals surface area contributed by atoms with Crippen molar-refractivity contribution < 1.29 is 9.53 Å². The molecule has 20 heavy (non-hydrogen) atoms. The van der Waals surface area contributed by atoms with E-state index in [4.69, 9.17) is 4.74 Å². The largest absolute Gasteiger partial charge is 0.494 e. The van der Waals surface area contributed by atoms with Crippen molar-refractivity contribution >= 4 is 17.7 Å². The molecule has 0 aromatic heterocycles. The Morgan fingerprint density at radius 2 is 2.20 bits per heavy atom. The number of hydrogen-bond acceptors (Lipinski definition) is 4. The molecule has 1 fully saturated rings. The van der Waals surface area contributed by atoms with Gasteiger partial charge in [-0.1, -0.05) is 0 Å². The molecule has 1 aromatic rings. The quantitative estimate of drug-likeness (QED) is 0.843. The van der Waals surface area contributed by atoms with E-state index in [1.54, 1.807) is 11.8 Å². The minimum absolute atomic E-state index is 0.220. The maximum Gasteiger partial charge on any atom is 0.233 e. The molecule has 1 amide bonds. The Hall–Kier alpha value is -1.20. The number of hydrogen-bond donors (Lipinski definition) is 1. The van der Waals surface area contributed by atoms with Crippen LogP contribution in [-0.4, -0.2) is 48.8 Å². The Labute approximate surface area is 124 Å². The van der Waals surface area contributed by atoms with E-state index in [1.807, 2.05) is 36.1 Å². The molecule has 110 valence electrons. The Morgan fingerprint density at radius 1 is 1.45 bits per heavy atom. The van der Waals surface area contributed by atoms with Crippen LogP contribution in [-0.2, 0) is 4.79 Å². The Balaban J connectivity index is 1.80. The van der Waals surface area contributed by atoms with Crippen LogP contribution in [0.25, 0.3) is 0 Å². The highest BCUT2D eigenvalue weighted by molar-refractivity contribution is 8.00. The third-order valence-electron chi connectivity index (χ3n) is 3.22. The van der Waals surface area contributed by atoms with Crippen molar-refractivity contribution in [1.82, 2.24) is 10.2 Å². The first-order valence-corrected chi connectivity index (χ1v) is 8.04. The van der Waals surface area contributed by atoms with E-state index in [0.717, 1.165) is 30.3 Å². The second-order valence-corrected chi connectivity index (χ2v) is 5.94. The van der Waals surface area contributed by atoms with E-state index in [2.05, 4.69) is 12.2 Å². The molecular weight excluding hydrogens is 272 g/mol. The summed E-state index contributed by atoms with van der Waals surface area (Å²) in [5.74, 6) is 1.59. The molecule has 1 aromatic carbocycles. The van der Waals surface area contributed by atoms with Gasteiger partial charge in [0.25, 0.3) is 0 Å². The normalized spacial score (nSPS) is 18.9. The number of thioether (sulfide) groups is 1. The summed E-state index contributed by atoms with van der Waals surface area (Å²) in [5.41, 5.74) is 0. The lowest BCUT2D eigenvalue weighted by molar-refractivity contribution is -0.129. The van der Waals surface area contributed by atoms with E-state index >= 15 is 0 Å². The molecule has 1 aliphatic rings. The summed E-state index contributed by atoms with van der Waals surface area (Å²) in [6.07, 6.45) is 0. The summed E-state index contributed by atoms with van der Waals surface area (Å²) in [6.45, 7) is 7.26. The van der Waals surface area contributed by atoms with Crippen LogP contribution in [0, 0.1) is 0 Å². The molecule has 0 saturated carbocycles. The Kier molecular flexibility index (Phi) is 5.73. The van der Waals surface area contributed by atoms with E-state index in [0.29, 0.717) is 18.4 Å². The standard InChI is InChI=1S/C15H22N2O2S/c1-3-19-13-4-6-14(7-5-13)20-11-15(18)17-9-8-16-12(2)10-17/h4-7,12,16H,3,8-11H2,1-2H3. The summed E-state index contributed by atoms with van der Waals surface area (Å²) in [7, 11) is 0. The number of carbonyl (C=O) groups excluding carboxylic acids is 1. The molecule has 1 saturated heterocycles. The third-order valence-corrected chi connectivity index (χ3v) is 4.22. The predicted molar refractivity (Wildman–Crippen MR) is 82.4 cm³/mol. The van der Waals surface area contributed by atoms with Crippen molar-refractivity contribution in [1.29, 1.82) is 0 Å². The number of rotatable bonds is 5. The zero-order chi connectivity index (χ0) is 14.4. The first kappa shape index (κ1) is 15.2. The van der Waals surface area contributed by atoms with Crippen molar-refractivity contribution in [3.05, 3.63) is 24.3 Å². The Bertz CT molecular complexity index is 436. The van der Waals surface area contributed by atoms with Gasteiger partial charge in [-0.25, -0.2) is 0 Å². The molecule has 2 rings (SSSR count). The lowest BCUT2D eigenvalue weighted by atomic mass is 10.2. The van der Waals surface area contributed by atoms with Gasteiger partial charge in [0.05, 0.1) is 12.4 Å². The molecule has 0 spiro atoms. The highest BCUT2D eigenvalue weighted by Gasteiger charge is 2.20. The fraction of sp³-hybridized carbons (Fsp3) is 0.533. The summed E-state index contributed by atoms with van der Waals surface area (Å²) >= 11 is 1.58. The van der Waals surface area contributed by atoms with Crippen LogP contribution in [0.4, 0.5) is 0 Å². The SMILES string of the molecule is CCOc1ccc(SCC(=O)N2CCNC(C)C2)cc1. The molecule has 1 heterocycles. The minimum atomic E-state index is 0.220. The molecule has 1 atom stereocenters. The van der Waals surface area contributed by atoms with Crippen LogP contribution in [0.3, 0.4) is 0 Å². The zero-order valence-corrected chi connectivity index (χ0v) is 12.9. The average molecular weight is 294 g/mol. The number of amides is 1. The number of nitrogens with one attached hydrogen (secondary N) is 1. The lowest BCUT2D eigenvalue weighted by Crippen LogP contribution is -2.51. The molecule has 0 bridgehead atoms. The fourth-order valence-corrected chi connectivity index (χ4v) is 3.00. The van der Waals surface area contributed by atoms with Crippen LogP contribution in [0.5, 0.6) is 5.75 Å². The van der Waals surface area contributed by atoms with Gasteiger partial charge >= 0.3 is 0 Å². The number of piperazine rings is 1. The van der Waals surface area contributed by atoms with Crippen molar-refractivity contribution in [2.24, 2.45) is 0 Å². The number of nitrogens with zero attached hydrogens (tertiary/aromatic N) is 1. The second-order valence-electron chi connectivity index (χ2n) is 4.89. The Morgan fingerprint density at radius 3 is 2.85 bits per heavy atom. The lowest BCUT2D eigenvalue weighted by Gasteiger charge is -2.31. The van der Waals surface area contributed by atoms with Crippen molar-refractivity contribution in [3.63, 3.8) is 0 Å². The van der Waals surface area contributed by atoms with Crippen LogP contribution in [0.15, 0.2) is 29.2 Å². The second kappa shape index (κ2) is 7.55. The molecule has 0 aliphatic carbocycles. The summed E-state index contributed by atoms with van der Waals surface area (Å²) in [4.78, 5) is 15.2. The predicted octanol–water partition coefficient (Wildman–Crippen LogP) is 2.00. The summed E-state index contributed by atoms with van der Waals surface area (Å²) in [6, 6.07) is 8.29. The maximum atomic E-state index is 12.1. The van der Waals surface area contributed by atoms with Gasteiger partial charge in [0.1, 0.15) is 5.75 Å². The summed E-state index contributed by atoms with van der Waals surface area (Å²) < 4.78 is 5.40. The molecule has 0 radical (unpaired) electrons. The van der Waals surface area contributed by atoms with E-state index in [1.165, 1.54) is 0 Å². The first-order chi connectivity index (χ1) is 9.69. The average Bonchev–Trinajstić information content (AvgIpc) is 2.46. The van der Waals surface area contributed by atoms with Gasteiger partial charge in [0.15, 0.2) is 0 Å². The highest BCUT2D eigenvalue weighted by atomic mass is 32.2. The summed E-state index contributed by atoms with van der Waals surface area (Å²) in [5, 5.41) is 3.34. The van der Waals surface area contributed by atoms with Gasteiger partial charge in [0.2, 0.25) is 5.91 Å². The zero-order valence-electron chi connectivity index (χ0n) is 12.1. The molecule has 5 heteroatoms. The van der Waals surface area contributed by atoms with Gasteiger partial charge in [-0.3, -0.25) is 4.79 Å². The number of benzene rings is 1. The maximum absolute atomic E-state index is 12.1. The van der Waals surface area contributed by atoms with Crippen molar-refractivity contribution in [3.8, 4) is 5.75 Å². The number of carbonyl (C=O) groups is 1. The molecule has 1 unspecified atom stereocenters. The van der Waals surface area contributed by atoms with Crippen LogP contribution >= 0.6 is 11.8 Å². The van der Waals surface area contributed by atoms with Crippen molar-refractivity contribution in [2.45, 2.75) is 24.8 Å². The van der Waals surface area contributed by atoms with Gasteiger partial charge in [0, 0.05) is 30.6 Å². The minimum Gasteiger partial charge on any atom is -0.494 e. The monoisotopic (exact) mass is 294 g/mol.